The summed E-state index contributed by atoms with van der Waals surface area (Å²) in [5, 5.41) is 8.72. The second-order valence-corrected chi connectivity index (χ2v) is 10.6. The monoisotopic (exact) mass is 483 g/mol. The molecule has 0 spiro atoms. The number of alkyl halides is 4. The topological polar surface area (TPSA) is 73.3 Å². The van der Waals surface area contributed by atoms with Crippen molar-refractivity contribution in [1.82, 2.24) is 4.90 Å². The highest BCUT2D eigenvalue weighted by atomic mass is 32.2. The number of nitrogens with zero attached hydrogens (tertiary/aromatic N) is 1. The number of amidine groups is 1. The van der Waals surface area contributed by atoms with E-state index in [1.165, 1.54) is 11.0 Å². The quantitative estimate of drug-likeness (QED) is 0.330. The zero-order chi connectivity index (χ0) is 24.2. The number of aryl methyl sites for hydroxylation is 1. The van der Waals surface area contributed by atoms with Gasteiger partial charge >= 0.3 is 0 Å². The molecule has 2 fully saturated rings. The van der Waals surface area contributed by atoms with Crippen LogP contribution in [0.25, 0.3) is 0 Å². The lowest BCUT2D eigenvalue weighted by molar-refractivity contribution is 0.0159. The average molecular weight is 484 g/mol. The molecule has 0 bridgehead atoms. The van der Waals surface area contributed by atoms with Crippen molar-refractivity contribution in [2.45, 2.75) is 55.9 Å². The Labute approximate surface area is 190 Å². The molecule has 33 heavy (non-hydrogen) atoms. The highest BCUT2D eigenvalue weighted by Crippen LogP contribution is 2.45. The summed E-state index contributed by atoms with van der Waals surface area (Å²) < 4.78 is 83.7. The number of nitrogens with one attached hydrogen (secondary N) is 2. The third-order valence-corrected chi connectivity index (χ3v) is 7.57. The van der Waals surface area contributed by atoms with E-state index in [9.17, 15) is 26.0 Å². The van der Waals surface area contributed by atoms with Gasteiger partial charge in [0.05, 0.1) is 17.1 Å². The molecule has 10 heteroatoms. The predicted octanol–water partition coefficient (Wildman–Crippen LogP) is 5.35. The summed E-state index contributed by atoms with van der Waals surface area (Å²) in [5.41, 5.74) is 0.544. The molecule has 5 nitrogen and oxygen atoms in total. The summed E-state index contributed by atoms with van der Waals surface area (Å²) in [6.45, 7) is 1.82. The minimum absolute atomic E-state index is 0.0784. The van der Waals surface area contributed by atoms with E-state index < -0.39 is 34.5 Å². The molecule has 2 N–H and O–H groups in total. The van der Waals surface area contributed by atoms with E-state index in [2.05, 4.69) is 4.72 Å². The first kappa shape index (κ1) is 23.5. The van der Waals surface area contributed by atoms with Gasteiger partial charge < -0.3 is 4.90 Å². The van der Waals surface area contributed by atoms with Crippen LogP contribution in [0.3, 0.4) is 0 Å². The number of halogens is 4. The van der Waals surface area contributed by atoms with Gasteiger partial charge in [-0.3, -0.25) is 10.1 Å². The van der Waals surface area contributed by atoms with E-state index in [1.807, 2.05) is 0 Å². The number of hydrogen-bond donors (Lipinski definition) is 2. The Kier molecular flexibility index (Phi) is 5.71. The van der Waals surface area contributed by atoms with E-state index >= 15 is 0 Å². The maximum atomic E-state index is 14.2. The van der Waals surface area contributed by atoms with Gasteiger partial charge in [-0.05, 0) is 49.4 Å². The lowest BCUT2D eigenvalue weighted by Gasteiger charge is -2.28. The molecule has 2 aromatic rings. The van der Waals surface area contributed by atoms with Crippen molar-refractivity contribution in [2.75, 3.05) is 11.3 Å². The molecule has 2 aliphatic rings. The Morgan fingerprint density at radius 3 is 2.36 bits per heavy atom. The van der Waals surface area contributed by atoms with Crippen LogP contribution in [0.5, 0.6) is 0 Å². The number of rotatable bonds is 6. The Bertz CT molecular complexity index is 1170. The maximum absolute atomic E-state index is 14.2. The third kappa shape index (κ3) is 4.85. The molecule has 1 aliphatic heterocycles. The van der Waals surface area contributed by atoms with Gasteiger partial charge in [0.25, 0.3) is 21.9 Å². The average Bonchev–Trinajstić information content (AvgIpc) is 3.50. The van der Waals surface area contributed by atoms with Crippen molar-refractivity contribution in [3.8, 4) is 0 Å². The lowest BCUT2D eigenvalue weighted by atomic mass is 10.0. The number of likely N-dealkylation sites (tertiary alicyclic amines) is 1. The molecule has 1 saturated carbocycles. The van der Waals surface area contributed by atoms with Crippen molar-refractivity contribution in [2.24, 2.45) is 5.92 Å². The van der Waals surface area contributed by atoms with Crippen LogP contribution in [-0.2, 0) is 15.9 Å². The smallest absolute Gasteiger partial charge is 0.270 e. The summed E-state index contributed by atoms with van der Waals surface area (Å²) in [6.07, 6.45) is 1.36. The minimum atomic E-state index is -4.17. The third-order valence-electron chi connectivity index (χ3n) is 6.19. The molecule has 0 amide bonds. The molecule has 1 saturated heterocycles. The van der Waals surface area contributed by atoms with Crippen LogP contribution in [0.4, 0.5) is 23.2 Å². The summed E-state index contributed by atoms with van der Waals surface area (Å²) in [7, 11) is -4.17. The van der Waals surface area contributed by atoms with Crippen LogP contribution in [-0.4, -0.2) is 37.7 Å². The van der Waals surface area contributed by atoms with E-state index in [1.54, 1.807) is 19.1 Å². The van der Waals surface area contributed by atoms with E-state index in [-0.39, 0.29) is 39.9 Å². The zero-order valence-corrected chi connectivity index (χ0v) is 19.0. The summed E-state index contributed by atoms with van der Waals surface area (Å²) in [5.74, 6) is -6.06. The standard InChI is InChI=1S/C23H25F4N3O2S/c1-14-4-3-5-18(29-33(31,32)17-10-8-16(9-11-17)22(2,24)25)20(14)21(28)30-13-23(26,27)12-19(30)15-6-7-15/h3-5,8-11,15,19,28-29H,6-7,12-13H2,1-2H3. The second-order valence-electron chi connectivity index (χ2n) is 8.96. The SMILES string of the molecule is Cc1cccc(NS(=O)(=O)c2ccc(C(C)(F)F)cc2)c1C(=N)N1CC(F)(F)CC1C1CC1. The van der Waals surface area contributed by atoms with Crippen LogP contribution in [0, 0.1) is 18.3 Å². The highest BCUT2D eigenvalue weighted by molar-refractivity contribution is 7.92. The Hall–Kier alpha value is -2.62. The Morgan fingerprint density at radius 2 is 1.79 bits per heavy atom. The van der Waals surface area contributed by atoms with Gasteiger partial charge in [-0.25, -0.2) is 26.0 Å². The summed E-state index contributed by atoms with van der Waals surface area (Å²) in [6, 6.07) is 8.53. The second kappa shape index (κ2) is 8.00. The van der Waals surface area contributed by atoms with Gasteiger partial charge in [0.15, 0.2) is 0 Å². The van der Waals surface area contributed by atoms with Gasteiger partial charge in [-0.2, -0.15) is 0 Å². The van der Waals surface area contributed by atoms with Crippen LogP contribution >= 0.6 is 0 Å². The van der Waals surface area contributed by atoms with E-state index in [0.717, 1.165) is 44.0 Å². The maximum Gasteiger partial charge on any atom is 0.270 e. The largest absolute Gasteiger partial charge is 0.347 e. The highest BCUT2D eigenvalue weighted by Gasteiger charge is 2.51. The first-order valence-electron chi connectivity index (χ1n) is 10.6. The summed E-state index contributed by atoms with van der Waals surface area (Å²) >= 11 is 0. The van der Waals surface area contributed by atoms with Gasteiger partial charge in [0.2, 0.25) is 0 Å². The molecule has 178 valence electrons. The minimum Gasteiger partial charge on any atom is -0.347 e. The number of sulfonamides is 1. The molecule has 4 rings (SSSR count). The first-order chi connectivity index (χ1) is 15.3. The van der Waals surface area contributed by atoms with Crippen molar-refractivity contribution < 1.29 is 26.0 Å². The fourth-order valence-corrected chi connectivity index (χ4v) is 5.41. The molecule has 2 aromatic carbocycles. The number of benzene rings is 2. The number of anilines is 1. The molecule has 1 atom stereocenters. The van der Waals surface area contributed by atoms with Gasteiger partial charge in [-0.15, -0.1) is 0 Å². The molecular weight excluding hydrogens is 458 g/mol. The normalized spacial score (nSPS) is 20.7. The molecule has 0 aromatic heterocycles. The van der Waals surface area contributed by atoms with Gasteiger partial charge in [0, 0.05) is 30.5 Å². The fourth-order valence-electron chi connectivity index (χ4n) is 4.34. The molecule has 1 unspecified atom stereocenters. The first-order valence-corrected chi connectivity index (χ1v) is 12.1. The van der Waals surface area contributed by atoms with Crippen molar-refractivity contribution >= 4 is 21.5 Å². The van der Waals surface area contributed by atoms with Crippen LogP contribution in [0.1, 0.15) is 42.9 Å². The van der Waals surface area contributed by atoms with Crippen molar-refractivity contribution in [3.63, 3.8) is 0 Å². The van der Waals surface area contributed by atoms with Crippen LogP contribution < -0.4 is 4.72 Å². The van der Waals surface area contributed by atoms with Crippen LogP contribution in [0.15, 0.2) is 47.4 Å². The zero-order valence-electron chi connectivity index (χ0n) is 18.2. The van der Waals surface area contributed by atoms with Crippen molar-refractivity contribution in [3.05, 3.63) is 59.2 Å². The van der Waals surface area contributed by atoms with Crippen LogP contribution in [0.2, 0.25) is 0 Å². The predicted molar refractivity (Wildman–Crippen MR) is 118 cm³/mol. The van der Waals surface area contributed by atoms with Gasteiger partial charge in [-0.1, -0.05) is 24.3 Å². The number of hydrogen-bond acceptors (Lipinski definition) is 3. The van der Waals surface area contributed by atoms with Crippen molar-refractivity contribution in [1.29, 1.82) is 5.41 Å². The molecule has 1 heterocycles. The van der Waals surface area contributed by atoms with E-state index in [4.69, 9.17) is 5.41 Å². The molecule has 0 radical (unpaired) electrons. The van der Waals surface area contributed by atoms with Gasteiger partial charge in [0.1, 0.15) is 5.84 Å². The summed E-state index contributed by atoms with van der Waals surface area (Å²) in [4.78, 5) is 1.16. The van der Waals surface area contributed by atoms with E-state index in [0.29, 0.717) is 5.56 Å². The molecular formula is C23H25F4N3O2S. The Balaban J connectivity index is 1.65. The molecule has 1 aliphatic carbocycles. The lowest BCUT2D eigenvalue weighted by Crippen LogP contribution is -2.38. The fraction of sp³-hybridized carbons (Fsp3) is 0.435. The Morgan fingerprint density at radius 1 is 1.15 bits per heavy atom.